The summed E-state index contributed by atoms with van der Waals surface area (Å²) in [6.07, 6.45) is 9.83. The predicted molar refractivity (Wildman–Crippen MR) is 72.2 cm³/mol. The molecule has 0 atom stereocenters. The van der Waals surface area contributed by atoms with Crippen LogP contribution in [0.15, 0.2) is 30.3 Å². The van der Waals surface area contributed by atoms with Crippen molar-refractivity contribution in [1.82, 2.24) is 4.90 Å². The summed E-state index contributed by atoms with van der Waals surface area (Å²) in [4.78, 5) is 2.78. The van der Waals surface area contributed by atoms with E-state index in [1.54, 1.807) is 0 Å². The molecule has 0 unspecified atom stereocenters. The highest BCUT2D eigenvalue weighted by molar-refractivity contribution is 5.14. The average Bonchev–Trinajstić information content (AvgIpc) is 2.89. The largest absolute Gasteiger partial charge is 0.298 e. The quantitative estimate of drug-likeness (QED) is 0.762. The van der Waals surface area contributed by atoms with Gasteiger partial charge in [-0.3, -0.25) is 4.90 Å². The van der Waals surface area contributed by atoms with Crippen molar-refractivity contribution in [3.05, 3.63) is 35.9 Å². The minimum atomic E-state index is 0.620. The summed E-state index contributed by atoms with van der Waals surface area (Å²) in [6.45, 7) is 2.73. The van der Waals surface area contributed by atoms with E-state index >= 15 is 0 Å². The van der Waals surface area contributed by atoms with Crippen LogP contribution in [0.1, 0.15) is 44.1 Å². The third-order valence-corrected chi connectivity index (χ3v) is 4.76. The van der Waals surface area contributed by atoms with E-state index in [1.807, 2.05) is 0 Å². The molecule has 3 rings (SSSR count). The molecule has 0 amide bonds. The molecule has 2 fully saturated rings. The molecule has 0 N–H and O–H groups in total. The molecule has 2 saturated heterocycles. The van der Waals surface area contributed by atoms with E-state index in [0.29, 0.717) is 5.54 Å². The summed E-state index contributed by atoms with van der Waals surface area (Å²) < 4.78 is 0. The number of hydrogen-bond donors (Lipinski definition) is 0. The van der Waals surface area contributed by atoms with Gasteiger partial charge in [0.05, 0.1) is 0 Å². The van der Waals surface area contributed by atoms with E-state index in [9.17, 15) is 0 Å². The molecular formula is C16H23N. The molecule has 0 bridgehead atoms. The first-order valence-corrected chi connectivity index (χ1v) is 7.18. The van der Waals surface area contributed by atoms with Crippen LogP contribution in [0.5, 0.6) is 0 Å². The van der Waals surface area contributed by atoms with Crippen LogP contribution in [-0.4, -0.2) is 23.5 Å². The van der Waals surface area contributed by atoms with Gasteiger partial charge in [-0.2, -0.15) is 0 Å². The van der Waals surface area contributed by atoms with Crippen molar-refractivity contribution in [2.24, 2.45) is 0 Å². The van der Waals surface area contributed by atoms with Crippen molar-refractivity contribution in [3.63, 3.8) is 0 Å². The minimum absolute atomic E-state index is 0.620. The van der Waals surface area contributed by atoms with Crippen LogP contribution in [0.25, 0.3) is 0 Å². The summed E-state index contributed by atoms with van der Waals surface area (Å²) in [5, 5.41) is 0. The van der Waals surface area contributed by atoms with Crippen molar-refractivity contribution in [1.29, 1.82) is 0 Å². The second-order valence-corrected chi connectivity index (χ2v) is 5.76. The molecule has 1 nitrogen and oxygen atoms in total. The lowest BCUT2D eigenvalue weighted by Gasteiger charge is -2.32. The second kappa shape index (κ2) is 4.81. The number of aryl methyl sites for hydroxylation is 1. The first kappa shape index (κ1) is 11.3. The zero-order valence-electron chi connectivity index (χ0n) is 10.7. The minimum Gasteiger partial charge on any atom is -0.298 e. The molecule has 0 radical (unpaired) electrons. The van der Waals surface area contributed by atoms with E-state index < -0.39 is 0 Å². The Bertz CT molecular complexity index is 347. The third-order valence-electron chi connectivity index (χ3n) is 4.76. The highest BCUT2D eigenvalue weighted by Crippen LogP contribution is 2.42. The molecule has 2 heterocycles. The van der Waals surface area contributed by atoms with Gasteiger partial charge < -0.3 is 0 Å². The van der Waals surface area contributed by atoms with Gasteiger partial charge in [0, 0.05) is 5.54 Å². The fourth-order valence-electron chi connectivity index (χ4n) is 3.90. The zero-order chi connectivity index (χ0) is 11.6. The Morgan fingerprint density at radius 3 is 2.41 bits per heavy atom. The highest BCUT2D eigenvalue weighted by atomic mass is 15.2. The Labute approximate surface area is 105 Å². The Morgan fingerprint density at radius 2 is 1.71 bits per heavy atom. The zero-order valence-corrected chi connectivity index (χ0v) is 10.7. The first-order chi connectivity index (χ1) is 8.39. The summed E-state index contributed by atoms with van der Waals surface area (Å²) >= 11 is 0. The summed E-state index contributed by atoms with van der Waals surface area (Å²) in [6, 6.07) is 10.9. The van der Waals surface area contributed by atoms with Gasteiger partial charge in [-0.15, -0.1) is 0 Å². The first-order valence-electron chi connectivity index (χ1n) is 7.18. The number of rotatable bonds is 4. The van der Waals surface area contributed by atoms with Crippen molar-refractivity contribution < 1.29 is 0 Å². The van der Waals surface area contributed by atoms with Crippen LogP contribution in [0, 0.1) is 0 Å². The lowest BCUT2D eigenvalue weighted by molar-refractivity contribution is 0.179. The van der Waals surface area contributed by atoms with Gasteiger partial charge in [-0.25, -0.2) is 0 Å². The SMILES string of the molecule is c1ccc(CCCC23CCCN2CCC3)cc1. The van der Waals surface area contributed by atoms with E-state index in [4.69, 9.17) is 0 Å². The fraction of sp³-hybridized carbons (Fsp3) is 0.625. The molecule has 0 spiro atoms. The Hall–Kier alpha value is -0.820. The Morgan fingerprint density at radius 1 is 1.00 bits per heavy atom. The smallest absolute Gasteiger partial charge is 0.0210 e. The summed E-state index contributed by atoms with van der Waals surface area (Å²) in [5.41, 5.74) is 2.13. The second-order valence-electron chi connectivity index (χ2n) is 5.76. The molecule has 92 valence electrons. The molecule has 1 heteroatoms. The maximum atomic E-state index is 2.78. The topological polar surface area (TPSA) is 3.24 Å². The van der Waals surface area contributed by atoms with Crippen LogP contribution in [0.2, 0.25) is 0 Å². The fourth-order valence-corrected chi connectivity index (χ4v) is 3.90. The molecule has 1 aromatic carbocycles. The molecule has 2 aliphatic rings. The predicted octanol–water partition coefficient (Wildman–Crippen LogP) is 3.64. The highest BCUT2D eigenvalue weighted by Gasteiger charge is 2.43. The summed E-state index contributed by atoms with van der Waals surface area (Å²) in [5.74, 6) is 0. The molecule has 17 heavy (non-hydrogen) atoms. The van der Waals surface area contributed by atoms with E-state index in [0.717, 1.165) is 0 Å². The van der Waals surface area contributed by atoms with Gasteiger partial charge in [0.25, 0.3) is 0 Å². The Kier molecular flexibility index (Phi) is 3.19. The number of hydrogen-bond acceptors (Lipinski definition) is 1. The van der Waals surface area contributed by atoms with Crippen LogP contribution < -0.4 is 0 Å². The van der Waals surface area contributed by atoms with Gasteiger partial charge in [-0.1, -0.05) is 30.3 Å². The Balaban J connectivity index is 1.54. The van der Waals surface area contributed by atoms with Gasteiger partial charge in [0.2, 0.25) is 0 Å². The van der Waals surface area contributed by atoms with Crippen LogP contribution >= 0.6 is 0 Å². The third kappa shape index (κ3) is 2.26. The lowest BCUT2D eigenvalue weighted by atomic mass is 9.87. The van der Waals surface area contributed by atoms with Crippen molar-refractivity contribution in [2.45, 2.75) is 50.5 Å². The number of benzene rings is 1. The van der Waals surface area contributed by atoms with Gasteiger partial charge in [0.1, 0.15) is 0 Å². The van der Waals surface area contributed by atoms with Crippen LogP contribution in [0.4, 0.5) is 0 Å². The maximum Gasteiger partial charge on any atom is 0.0210 e. The standard InChI is InChI=1S/C16H23N/c1-2-7-15(8-3-1)9-4-10-16-11-5-13-17(16)14-6-12-16/h1-3,7-8H,4-6,9-14H2. The molecule has 0 aliphatic carbocycles. The van der Waals surface area contributed by atoms with E-state index in [-0.39, 0.29) is 0 Å². The molecule has 1 aromatic rings. The molecule has 0 aromatic heterocycles. The lowest BCUT2D eigenvalue weighted by Crippen LogP contribution is -2.37. The molecule has 0 saturated carbocycles. The van der Waals surface area contributed by atoms with Crippen molar-refractivity contribution in [2.75, 3.05) is 13.1 Å². The van der Waals surface area contributed by atoms with Crippen molar-refractivity contribution in [3.8, 4) is 0 Å². The average molecular weight is 229 g/mol. The normalized spacial score (nSPS) is 22.8. The maximum absolute atomic E-state index is 2.78. The van der Waals surface area contributed by atoms with Crippen LogP contribution in [0.3, 0.4) is 0 Å². The monoisotopic (exact) mass is 229 g/mol. The molecule has 2 aliphatic heterocycles. The van der Waals surface area contributed by atoms with Crippen molar-refractivity contribution >= 4 is 0 Å². The van der Waals surface area contributed by atoms with E-state index in [1.165, 1.54) is 63.6 Å². The number of nitrogens with zero attached hydrogens (tertiary/aromatic N) is 1. The summed E-state index contributed by atoms with van der Waals surface area (Å²) in [7, 11) is 0. The van der Waals surface area contributed by atoms with Crippen LogP contribution in [-0.2, 0) is 6.42 Å². The van der Waals surface area contributed by atoms with Gasteiger partial charge in [-0.05, 0) is 63.6 Å². The van der Waals surface area contributed by atoms with Gasteiger partial charge >= 0.3 is 0 Å². The van der Waals surface area contributed by atoms with E-state index in [2.05, 4.69) is 35.2 Å². The number of fused-ring (bicyclic) bond motifs is 1. The van der Waals surface area contributed by atoms with Gasteiger partial charge in [0.15, 0.2) is 0 Å². The molecular weight excluding hydrogens is 206 g/mol.